The molecule has 0 aliphatic rings. The number of carbonyl (C=O) groups is 1. The lowest BCUT2D eigenvalue weighted by atomic mass is 10.2. The smallest absolute Gasteiger partial charge is 0.328 e. The second-order valence-corrected chi connectivity index (χ2v) is 5.73. The van der Waals surface area contributed by atoms with Crippen molar-refractivity contribution < 1.29 is 19.4 Å². The zero-order valence-corrected chi connectivity index (χ0v) is 14.2. The van der Waals surface area contributed by atoms with Crippen LogP contribution in [0.5, 0.6) is 11.5 Å². The zero-order chi connectivity index (χ0) is 16.7. The summed E-state index contributed by atoms with van der Waals surface area (Å²) in [6, 6.07) is 13.2. The van der Waals surface area contributed by atoms with Gasteiger partial charge in [-0.15, -0.1) is 0 Å². The van der Waals surface area contributed by atoms with E-state index in [9.17, 15) is 4.79 Å². The molecule has 0 saturated heterocycles. The van der Waals surface area contributed by atoms with Crippen LogP contribution in [0.25, 0.3) is 6.08 Å². The second-order valence-electron chi connectivity index (χ2n) is 4.87. The van der Waals surface area contributed by atoms with E-state index in [4.69, 9.17) is 14.6 Å². The molecule has 2 aromatic rings. The molecule has 0 atom stereocenters. The summed E-state index contributed by atoms with van der Waals surface area (Å²) in [6.07, 6.45) is 2.62. The minimum absolute atomic E-state index is 0.413. The Labute approximate surface area is 143 Å². The van der Waals surface area contributed by atoms with Crippen LogP contribution in [-0.2, 0) is 4.79 Å². The van der Waals surface area contributed by atoms with Gasteiger partial charge in [0.15, 0.2) is 0 Å². The third-order valence-corrected chi connectivity index (χ3v) is 3.62. The van der Waals surface area contributed by atoms with Gasteiger partial charge in [0.2, 0.25) is 0 Å². The highest BCUT2D eigenvalue weighted by Gasteiger charge is 2.02. The van der Waals surface area contributed by atoms with Crippen LogP contribution in [0.2, 0.25) is 0 Å². The average molecular weight is 377 g/mol. The molecule has 0 bridgehead atoms. The first kappa shape index (κ1) is 17.1. The molecule has 0 aliphatic heterocycles. The van der Waals surface area contributed by atoms with Crippen molar-refractivity contribution in [3.8, 4) is 11.5 Å². The lowest BCUT2D eigenvalue weighted by molar-refractivity contribution is -0.131. The van der Waals surface area contributed by atoms with Crippen molar-refractivity contribution in [3.63, 3.8) is 0 Å². The van der Waals surface area contributed by atoms with Gasteiger partial charge in [-0.2, -0.15) is 0 Å². The van der Waals surface area contributed by atoms with Gasteiger partial charge in [-0.1, -0.05) is 23.8 Å². The Bertz CT molecular complexity index is 693. The van der Waals surface area contributed by atoms with Crippen molar-refractivity contribution >= 4 is 28.0 Å². The van der Waals surface area contributed by atoms with Crippen LogP contribution in [0.4, 0.5) is 0 Å². The van der Waals surface area contributed by atoms with Crippen molar-refractivity contribution in [3.05, 3.63) is 64.1 Å². The highest BCUT2D eigenvalue weighted by molar-refractivity contribution is 9.10. The number of rotatable bonds is 7. The Balaban J connectivity index is 1.83. The Hall–Kier alpha value is -2.27. The molecule has 5 heteroatoms. The molecule has 0 amide bonds. The van der Waals surface area contributed by atoms with Gasteiger partial charge in [-0.25, -0.2) is 4.79 Å². The second kappa shape index (κ2) is 8.39. The Morgan fingerprint density at radius 3 is 2.48 bits per heavy atom. The summed E-state index contributed by atoms with van der Waals surface area (Å²) in [5.41, 5.74) is 1.97. The van der Waals surface area contributed by atoms with E-state index in [1.807, 2.05) is 31.2 Å². The predicted molar refractivity (Wildman–Crippen MR) is 93.0 cm³/mol. The van der Waals surface area contributed by atoms with E-state index in [2.05, 4.69) is 15.9 Å². The predicted octanol–water partition coefficient (Wildman–Crippen LogP) is 4.31. The fraction of sp³-hybridized carbons (Fsp3) is 0.167. The summed E-state index contributed by atoms with van der Waals surface area (Å²) in [6.45, 7) is 2.88. The SMILES string of the molecule is Cc1ccc(OCCOc2ccc(C=CC(=O)O)cc2Br)cc1. The first-order chi connectivity index (χ1) is 11.0. The van der Waals surface area contributed by atoms with Gasteiger partial charge in [0.1, 0.15) is 24.7 Å². The van der Waals surface area contributed by atoms with Gasteiger partial charge < -0.3 is 14.6 Å². The monoisotopic (exact) mass is 376 g/mol. The van der Waals surface area contributed by atoms with Gasteiger partial charge in [-0.05, 0) is 58.8 Å². The van der Waals surface area contributed by atoms with E-state index in [1.165, 1.54) is 11.6 Å². The minimum Gasteiger partial charge on any atom is -0.490 e. The third kappa shape index (κ3) is 5.79. The van der Waals surface area contributed by atoms with E-state index in [1.54, 1.807) is 18.2 Å². The summed E-state index contributed by atoms with van der Waals surface area (Å²) in [7, 11) is 0. The molecule has 120 valence electrons. The van der Waals surface area contributed by atoms with Gasteiger partial charge in [-0.3, -0.25) is 0 Å². The molecule has 1 N–H and O–H groups in total. The van der Waals surface area contributed by atoms with Crippen molar-refractivity contribution in [2.45, 2.75) is 6.92 Å². The summed E-state index contributed by atoms with van der Waals surface area (Å²) >= 11 is 3.41. The number of aliphatic carboxylic acids is 1. The average Bonchev–Trinajstić information content (AvgIpc) is 2.52. The molecule has 0 saturated carbocycles. The molecule has 0 radical (unpaired) electrons. The molecule has 0 aliphatic carbocycles. The van der Waals surface area contributed by atoms with Crippen molar-refractivity contribution in [2.24, 2.45) is 0 Å². The summed E-state index contributed by atoms with van der Waals surface area (Å²) in [4.78, 5) is 10.5. The van der Waals surface area contributed by atoms with Crippen LogP contribution in [0.3, 0.4) is 0 Å². The maximum Gasteiger partial charge on any atom is 0.328 e. The number of aryl methyl sites for hydroxylation is 1. The normalized spacial score (nSPS) is 10.7. The summed E-state index contributed by atoms with van der Waals surface area (Å²) < 4.78 is 12.0. The first-order valence-electron chi connectivity index (χ1n) is 7.07. The van der Waals surface area contributed by atoms with Crippen LogP contribution in [0.1, 0.15) is 11.1 Å². The molecule has 2 rings (SSSR count). The van der Waals surface area contributed by atoms with Crippen LogP contribution < -0.4 is 9.47 Å². The number of hydrogen-bond acceptors (Lipinski definition) is 3. The minimum atomic E-state index is -0.977. The quantitative estimate of drug-likeness (QED) is 0.577. The molecule has 0 unspecified atom stereocenters. The fourth-order valence-electron chi connectivity index (χ4n) is 1.85. The van der Waals surface area contributed by atoms with Crippen molar-refractivity contribution in [2.75, 3.05) is 13.2 Å². The van der Waals surface area contributed by atoms with Gasteiger partial charge in [0, 0.05) is 6.08 Å². The number of ether oxygens (including phenoxy) is 2. The number of hydrogen-bond donors (Lipinski definition) is 1. The number of halogens is 1. The number of benzene rings is 2. The lowest BCUT2D eigenvalue weighted by Gasteiger charge is -2.10. The van der Waals surface area contributed by atoms with E-state index >= 15 is 0 Å². The molecule has 23 heavy (non-hydrogen) atoms. The fourth-order valence-corrected chi connectivity index (χ4v) is 2.36. The maximum atomic E-state index is 10.5. The maximum absolute atomic E-state index is 10.5. The highest BCUT2D eigenvalue weighted by Crippen LogP contribution is 2.26. The zero-order valence-electron chi connectivity index (χ0n) is 12.7. The van der Waals surface area contributed by atoms with Crippen molar-refractivity contribution in [1.82, 2.24) is 0 Å². The van der Waals surface area contributed by atoms with E-state index < -0.39 is 5.97 Å². The molecule has 2 aromatic carbocycles. The molecular formula is C18H17BrO4. The number of carboxylic acid groups (broad SMARTS) is 1. The van der Waals surface area contributed by atoms with Crippen LogP contribution in [0, 0.1) is 6.92 Å². The largest absolute Gasteiger partial charge is 0.490 e. The Kier molecular flexibility index (Phi) is 6.23. The molecular weight excluding hydrogens is 360 g/mol. The Morgan fingerprint density at radius 2 is 1.83 bits per heavy atom. The van der Waals surface area contributed by atoms with Crippen LogP contribution in [0.15, 0.2) is 53.0 Å². The Morgan fingerprint density at radius 1 is 1.13 bits per heavy atom. The molecule has 0 aromatic heterocycles. The van der Waals surface area contributed by atoms with Crippen molar-refractivity contribution in [1.29, 1.82) is 0 Å². The van der Waals surface area contributed by atoms with Crippen LogP contribution in [-0.4, -0.2) is 24.3 Å². The van der Waals surface area contributed by atoms with Gasteiger partial charge in [0.25, 0.3) is 0 Å². The number of carboxylic acids is 1. The molecule has 0 fully saturated rings. The highest BCUT2D eigenvalue weighted by atomic mass is 79.9. The van der Waals surface area contributed by atoms with E-state index in [0.29, 0.717) is 19.0 Å². The van der Waals surface area contributed by atoms with Crippen LogP contribution >= 0.6 is 15.9 Å². The van der Waals surface area contributed by atoms with Gasteiger partial charge in [0.05, 0.1) is 4.47 Å². The molecule has 4 nitrogen and oxygen atoms in total. The van der Waals surface area contributed by atoms with E-state index in [0.717, 1.165) is 21.9 Å². The standard InChI is InChI=1S/C18H17BrO4/c1-13-2-6-15(7-3-13)22-10-11-23-17-8-4-14(12-16(17)19)5-9-18(20)21/h2-9,12H,10-11H2,1H3,(H,20,21). The van der Waals surface area contributed by atoms with E-state index in [-0.39, 0.29) is 0 Å². The summed E-state index contributed by atoms with van der Waals surface area (Å²) in [5, 5.41) is 8.61. The lowest BCUT2D eigenvalue weighted by Crippen LogP contribution is -2.09. The third-order valence-electron chi connectivity index (χ3n) is 3.00. The summed E-state index contributed by atoms with van der Waals surface area (Å²) in [5.74, 6) is 0.520. The van der Waals surface area contributed by atoms with Gasteiger partial charge >= 0.3 is 5.97 Å². The molecule has 0 spiro atoms. The first-order valence-corrected chi connectivity index (χ1v) is 7.87. The molecule has 0 heterocycles. The topological polar surface area (TPSA) is 55.8 Å².